The molecule has 0 radical (unpaired) electrons. The first-order valence-electron chi connectivity index (χ1n) is 12.3. The van der Waals surface area contributed by atoms with Crippen LogP contribution in [0.1, 0.15) is 57.4 Å². The normalized spacial score (nSPS) is 31.1. The number of carbonyl (C=O) groups excluding carboxylic acids is 1. The van der Waals surface area contributed by atoms with E-state index in [1.807, 2.05) is 18.2 Å². The van der Waals surface area contributed by atoms with Gasteiger partial charge in [0.25, 0.3) is 0 Å². The molecule has 7 rings (SSSR count). The van der Waals surface area contributed by atoms with Gasteiger partial charge >= 0.3 is 12.1 Å². The Bertz CT molecular complexity index is 1280. The minimum Gasteiger partial charge on any atom is -0.465 e. The number of halogens is 3. The molecular weight excluding hydrogens is 463 g/mol. The van der Waals surface area contributed by atoms with Gasteiger partial charge < -0.3 is 4.74 Å². The fraction of sp³-hybridized carbons (Fsp3) is 0.367. The SMILES string of the molecule is COC(=O)c1ccc(C23CC4(C2)[C@H](CN(C)[C@@H]4c2ccccc2)C3c2ccc(C(F)(F)F)cc2)cc1. The number of benzene rings is 3. The van der Waals surface area contributed by atoms with E-state index in [1.54, 1.807) is 24.3 Å². The Balaban J connectivity index is 1.44. The van der Waals surface area contributed by atoms with Crippen molar-refractivity contribution in [2.24, 2.45) is 11.3 Å². The Morgan fingerprint density at radius 3 is 2.14 bits per heavy atom. The van der Waals surface area contributed by atoms with E-state index in [2.05, 4.69) is 36.2 Å². The van der Waals surface area contributed by atoms with Crippen molar-refractivity contribution in [2.45, 2.75) is 36.4 Å². The Morgan fingerprint density at radius 2 is 1.56 bits per heavy atom. The maximum Gasteiger partial charge on any atom is 0.416 e. The molecule has 3 aliphatic carbocycles. The zero-order valence-corrected chi connectivity index (χ0v) is 20.3. The van der Waals surface area contributed by atoms with Crippen molar-refractivity contribution in [3.8, 4) is 0 Å². The second-order valence-electron chi connectivity index (χ2n) is 10.8. The maximum absolute atomic E-state index is 13.3. The molecule has 1 aliphatic heterocycles. The van der Waals surface area contributed by atoms with Gasteiger partial charge in [0.2, 0.25) is 0 Å². The van der Waals surface area contributed by atoms with Crippen LogP contribution in [-0.2, 0) is 16.3 Å². The number of ether oxygens (including phenoxy) is 1. The lowest BCUT2D eigenvalue weighted by molar-refractivity contribution is -0.137. The lowest BCUT2D eigenvalue weighted by atomic mass is 9.52. The van der Waals surface area contributed by atoms with Gasteiger partial charge in [0.05, 0.1) is 18.2 Å². The number of alkyl halides is 3. The number of likely N-dealkylation sites (tertiary alicyclic amines) is 1. The number of hydrogen-bond donors (Lipinski definition) is 0. The van der Waals surface area contributed by atoms with Crippen molar-refractivity contribution in [1.29, 1.82) is 0 Å². The van der Waals surface area contributed by atoms with Crippen molar-refractivity contribution in [2.75, 3.05) is 20.7 Å². The molecule has 3 aromatic carbocycles. The molecule has 0 aromatic heterocycles. The van der Waals surface area contributed by atoms with Crippen molar-refractivity contribution < 1.29 is 22.7 Å². The summed E-state index contributed by atoms with van der Waals surface area (Å²) in [5.41, 5.74) is 3.18. The predicted molar refractivity (Wildman–Crippen MR) is 131 cm³/mol. The number of rotatable bonds is 4. The summed E-state index contributed by atoms with van der Waals surface area (Å²) in [6, 6.07) is 24.3. The minimum absolute atomic E-state index is 0.0600. The summed E-state index contributed by atoms with van der Waals surface area (Å²) in [5, 5.41) is 0. The van der Waals surface area contributed by atoms with Gasteiger partial charge in [-0.05, 0) is 78.1 Å². The lowest BCUT2D eigenvalue weighted by Crippen LogP contribution is -2.47. The molecule has 6 heteroatoms. The lowest BCUT2D eigenvalue weighted by Gasteiger charge is -2.53. The van der Waals surface area contributed by atoms with Gasteiger partial charge in [-0.2, -0.15) is 13.2 Å². The topological polar surface area (TPSA) is 29.5 Å². The summed E-state index contributed by atoms with van der Waals surface area (Å²) in [5.74, 6) is 0.0436. The zero-order valence-electron chi connectivity index (χ0n) is 20.3. The van der Waals surface area contributed by atoms with Crippen LogP contribution in [0.15, 0.2) is 78.9 Å². The van der Waals surface area contributed by atoms with Crippen LogP contribution in [-0.4, -0.2) is 31.6 Å². The fourth-order valence-electron chi connectivity index (χ4n) is 7.95. The smallest absolute Gasteiger partial charge is 0.416 e. The molecule has 3 aromatic rings. The van der Waals surface area contributed by atoms with Crippen LogP contribution < -0.4 is 0 Å². The van der Waals surface area contributed by atoms with E-state index in [-0.39, 0.29) is 28.8 Å². The predicted octanol–water partition coefficient (Wildman–Crippen LogP) is 6.61. The van der Waals surface area contributed by atoms with Crippen LogP contribution in [0.3, 0.4) is 0 Å². The number of hydrogen-bond acceptors (Lipinski definition) is 3. The van der Waals surface area contributed by atoms with E-state index in [1.165, 1.54) is 24.8 Å². The molecule has 4 aliphatic rings. The molecule has 3 atom stereocenters. The third kappa shape index (κ3) is 3.20. The van der Waals surface area contributed by atoms with E-state index in [9.17, 15) is 18.0 Å². The van der Waals surface area contributed by atoms with Gasteiger partial charge in [-0.3, -0.25) is 4.90 Å². The van der Waals surface area contributed by atoms with Gasteiger partial charge in [-0.1, -0.05) is 54.6 Å². The highest BCUT2D eigenvalue weighted by molar-refractivity contribution is 5.89. The molecule has 4 fully saturated rings. The monoisotopic (exact) mass is 491 g/mol. The number of esters is 1. The molecule has 1 heterocycles. The number of carbonyl (C=O) groups is 1. The van der Waals surface area contributed by atoms with Crippen LogP contribution in [0.4, 0.5) is 13.2 Å². The highest BCUT2D eigenvalue weighted by atomic mass is 19.4. The average molecular weight is 492 g/mol. The Kier molecular flexibility index (Phi) is 5.14. The van der Waals surface area contributed by atoms with Gasteiger partial charge in [-0.25, -0.2) is 4.79 Å². The summed E-state index contributed by atoms with van der Waals surface area (Å²) in [6.45, 7) is 0.896. The Labute approximate surface area is 208 Å². The molecule has 0 N–H and O–H groups in total. The van der Waals surface area contributed by atoms with Crippen LogP contribution in [0.25, 0.3) is 0 Å². The van der Waals surface area contributed by atoms with E-state index in [0.717, 1.165) is 30.5 Å². The molecule has 3 nitrogen and oxygen atoms in total. The quantitative estimate of drug-likeness (QED) is 0.385. The Morgan fingerprint density at radius 1 is 0.917 bits per heavy atom. The maximum atomic E-state index is 13.3. The van der Waals surface area contributed by atoms with Gasteiger partial charge in [-0.15, -0.1) is 0 Å². The highest BCUT2D eigenvalue weighted by Gasteiger charge is 2.76. The van der Waals surface area contributed by atoms with Crippen molar-refractivity contribution >= 4 is 5.97 Å². The van der Waals surface area contributed by atoms with Gasteiger partial charge in [0.15, 0.2) is 0 Å². The largest absolute Gasteiger partial charge is 0.465 e. The van der Waals surface area contributed by atoms with E-state index in [0.29, 0.717) is 11.5 Å². The fourth-order valence-corrected chi connectivity index (χ4v) is 7.95. The molecular formula is C30H28F3NO2. The third-order valence-electron chi connectivity index (χ3n) is 9.09. The molecule has 1 unspecified atom stereocenters. The van der Waals surface area contributed by atoms with Crippen LogP contribution in [0.5, 0.6) is 0 Å². The standard InChI is InChI=1S/C30H28F3NO2/c1-34-16-24-25(19-8-14-23(15-9-19)30(31,32)33)28(22-12-10-21(11-13-22)27(35)36-2)17-29(24,18-28)26(34)20-6-4-3-5-7-20/h3-15,24-26H,16-18H2,1-2H3/t24-,25?,26-,28?,29?/m1/s1. The first-order valence-corrected chi connectivity index (χ1v) is 12.3. The molecule has 1 saturated heterocycles. The average Bonchev–Trinajstić information content (AvgIpc) is 3.41. The highest BCUT2D eigenvalue weighted by Crippen LogP contribution is 2.81. The number of nitrogens with zero attached hydrogens (tertiary/aromatic N) is 1. The minimum atomic E-state index is -4.36. The van der Waals surface area contributed by atoms with E-state index in [4.69, 9.17) is 4.74 Å². The number of methoxy groups -OCH3 is 1. The summed E-state index contributed by atoms with van der Waals surface area (Å²) >= 11 is 0. The van der Waals surface area contributed by atoms with E-state index >= 15 is 0 Å². The van der Waals surface area contributed by atoms with Crippen LogP contribution in [0.2, 0.25) is 0 Å². The molecule has 1 spiro atoms. The van der Waals surface area contributed by atoms with Gasteiger partial charge in [0.1, 0.15) is 0 Å². The van der Waals surface area contributed by atoms with Crippen molar-refractivity contribution in [3.63, 3.8) is 0 Å². The molecule has 0 amide bonds. The second kappa shape index (κ2) is 7.94. The summed E-state index contributed by atoms with van der Waals surface area (Å²) in [6.07, 6.45) is -2.42. The second-order valence-corrected chi connectivity index (χ2v) is 10.8. The zero-order chi connectivity index (χ0) is 25.3. The molecule has 3 saturated carbocycles. The third-order valence-corrected chi connectivity index (χ3v) is 9.09. The summed E-state index contributed by atoms with van der Waals surface area (Å²) < 4.78 is 44.8. The molecule has 186 valence electrons. The first kappa shape index (κ1) is 23.3. The summed E-state index contributed by atoms with van der Waals surface area (Å²) in [4.78, 5) is 14.4. The van der Waals surface area contributed by atoms with Crippen molar-refractivity contribution in [3.05, 3.63) is 107 Å². The van der Waals surface area contributed by atoms with E-state index < -0.39 is 11.7 Å². The summed E-state index contributed by atoms with van der Waals surface area (Å²) in [7, 11) is 3.53. The van der Waals surface area contributed by atoms with Crippen LogP contribution >= 0.6 is 0 Å². The molecule has 36 heavy (non-hydrogen) atoms. The van der Waals surface area contributed by atoms with Gasteiger partial charge in [0, 0.05) is 18.0 Å². The van der Waals surface area contributed by atoms with Crippen molar-refractivity contribution in [1.82, 2.24) is 4.90 Å². The van der Waals surface area contributed by atoms with Crippen LogP contribution in [0, 0.1) is 11.3 Å². The first-order chi connectivity index (χ1) is 17.2. The molecule has 2 bridgehead atoms. The Hall–Kier alpha value is -3.12.